The van der Waals surface area contributed by atoms with Crippen LogP contribution in [-0.4, -0.2) is 35.6 Å². The minimum absolute atomic E-state index is 0.197. The summed E-state index contributed by atoms with van der Waals surface area (Å²) in [5.74, 6) is -0.730. The number of carboxylic acid groups (broad SMARTS) is 1. The van der Waals surface area contributed by atoms with Gasteiger partial charge < -0.3 is 10.8 Å². The number of nitrogens with two attached hydrogens (primary N) is 1. The summed E-state index contributed by atoms with van der Waals surface area (Å²) >= 11 is 0. The van der Waals surface area contributed by atoms with Gasteiger partial charge in [-0.3, -0.25) is 9.69 Å². The van der Waals surface area contributed by atoms with Gasteiger partial charge in [-0.15, -0.1) is 0 Å². The molecule has 1 unspecified atom stereocenters. The summed E-state index contributed by atoms with van der Waals surface area (Å²) in [4.78, 5) is 13.5. The average Bonchev–Trinajstić information content (AvgIpc) is 2.63. The van der Waals surface area contributed by atoms with Gasteiger partial charge in [0.1, 0.15) is 0 Å². The van der Waals surface area contributed by atoms with Crippen molar-refractivity contribution in [3.63, 3.8) is 0 Å². The molecule has 20 heavy (non-hydrogen) atoms. The second kappa shape index (κ2) is 6.86. The molecule has 1 heterocycles. The van der Waals surface area contributed by atoms with Crippen LogP contribution in [0.1, 0.15) is 31.2 Å². The zero-order chi connectivity index (χ0) is 14.4. The monoisotopic (exact) mass is 276 g/mol. The minimum Gasteiger partial charge on any atom is -0.481 e. The molecule has 0 saturated carbocycles. The molecule has 0 aliphatic carbocycles. The molecule has 1 aliphatic rings. The Morgan fingerprint density at radius 1 is 1.25 bits per heavy atom. The van der Waals surface area contributed by atoms with Crippen molar-refractivity contribution in [3.8, 4) is 0 Å². The van der Waals surface area contributed by atoms with Crippen LogP contribution in [0.3, 0.4) is 0 Å². The number of aliphatic carboxylic acids is 1. The Morgan fingerprint density at radius 2 is 2.00 bits per heavy atom. The average molecular weight is 276 g/mol. The molecule has 1 aliphatic heterocycles. The van der Waals surface area contributed by atoms with E-state index in [-0.39, 0.29) is 11.8 Å². The number of carbonyl (C=O) groups is 1. The highest BCUT2D eigenvalue weighted by Gasteiger charge is 2.33. The summed E-state index contributed by atoms with van der Waals surface area (Å²) in [5.41, 5.74) is 6.97. The third-order valence-corrected chi connectivity index (χ3v) is 4.35. The molecule has 0 bridgehead atoms. The van der Waals surface area contributed by atoms with Gasteiger partial charge in [0.2, 0.25) is 0 Å². The van der Waals surface area contributed by atoms with Gasteiger partial charge in [0, 0.05) is 6.54 Å². The van der Waals surface area contributed by atoms with Gasteiger partial charge in [-0.2, -0.15) is 0 Å². The van der Waals surface area contributed by atoms with E-state index in [0.717, 1.165) is 38.9 Å². The van der Waals surface area contributed by atoms with Crippen molar-refractivity contribution >= 4 is 5.97 Å². The summed E-state index contributed by atoms with van der Waals surface area (Å²) in [5, 5.41) is 9.09. The zero-order valence-corrected chi connectivity index (χ0v) is 11.9. The van der Waals surface area contributed by atoms with Crippen molar-refractivity contribution < 1.29 is 9.90 Å². The fraction of sp³-hybridized carbons (Fsp3) is 0.562. The predicted molar refractivity (Wildman–Crippen MR) is 79.3 cm³/mol. The van der Waals surface area contributed by atoms with E-state index < -0.39 is 5.97 Å². The van der Waals surface area contributed by atoms with E-state index in [9.17, 15) is 4.79 Å². The topological polar surface area (TPSA) is 66.6 Å². The maximum atomic E-state index is 11.0. The van der Waals surface area contributed by atoms with Gasteiger partial charge in [0.05, 0.1) is 6.42 Å². The van der Waals surface area contributed by atoms with E-state index in [2.05, 4.69) is 29.2 Å². The molecule has 1 aromatic rings. The third-order valence-electron chi connectivity index (χ3n) is 4.35. The van der Waals surface area contributed by atoms with Gasteiger partial charge in [-0.25, -0.2) is 0 Å². The van der Waals surface area contributed by atoms with Crippen molar-refractivity contribution in [3.05, 3.63) is 35.9 Å². The molecular formula is C16H24N2O2. The Morgan fingerprint density at radius 3 is 2.65 bits per heavy atom. The normalized spacial score (nSPS) is 24.2. The molecule has 110 valence electrons. The van der Waals surface area contributed by atoms with Crippen LogP contribution in [0.25, 0.3) is 0 Å². The fourth-order valence-electron chi connectivity index (χ4n) is 3.08. The standard InChI is InChI=1S/C16H24N2O2/c17-13-16(11-15(19)20)7-4-9-18(10-8-16)12-14-5-2-1-3-6-14/h1-3,5-6H,4,7-13,17H2,(H,19,20). The largest absolute Gasteiger partial charge is 0.481 e. The predicted octanol–water partition coefficient (Wildman–Crippen LogP) is 2.09. The van der Waals surface area contributed by atoms with E-state index in [4.69, 9.17) is 10.8 Å². The van der Waals surface area contributed by atoms with Crippen LogP contribution in [0.5, 0.6) is 0 Å². The molecule has 1 aromatic carbocycles. The third kappa shape index (κ3) is 4.05. The van der Waals surface area contributed by atoms with Gasteiger partial charge in [-0.05, 0) is 49.9 Å². The lowest BCUT2D eigenvalue weighted by Gasteiger charge is -2.29. The number of hydrogen-bond donors (Lipinski definition) is 2. The van der Waals surface area contributed by atoms with Gasteiger partial charge in [-0.1, -0.05) is 30.3 Å². The Hall–Kier alpha value is -1.39. The number of likely N-dealkylation sites (tertiary alicyclic amines) is 1. The van der Waals surface area contributed by atoms with E-state index in [1.807, 2.05) is 6.07 Å². The maximum absolute atomic E-state index is 11.0. The molecular weight excluding hydrogens is 252 g/mol. The number of carboxylic acids is 1. The molecule has 0 spiro atoms. The number of benzene rings is 1. The molecule has 0 aromatic heterocycles. The molecule has 2 rings (SSSR count). The highest BCUT2D eigenvalue weighted by Crippen LogP contribution is 2.34. The van der Waals surface area contributed by atoms with Crippen LogP contribution in [0.2, 0.25) is 0 Å². The first-order chi connectivity index (χ1) is 9.63. The Balaban J connectivity index is 1.96. The van der Waals surface area contributed by atoms with E-state index in [1.54, 1.807) is 0 Å². The summed E-state index contributed by atoms with van der Waals surface area (Å²) in [7, 11) is 0. The van der Waals surface area contributed by atoms with E-state index in [1.165, 1.54) is 5.56 Å². The second-order valence-electron chi connectivity index (χ2n) is 5.89. The number of nitrogens with zero attached hydrogens (tertiary/aromatic N) is 1. The lowest BCUT2D eigenvalue weighted by Crippen LogP contribution is -2.34. The van der Waals surface area contributed by atoms with Crippen molar-refractivity contribution in [2.75, 3.05) is 19.6 Å². The molecule has 4 heteroatoms. The second-order valence-corrected chi connectivity index (χ2v) is 5.89. The lowest BCUT2D eigenvalue weighted by atomic mass is 9.78. The highest BCUT2D eigenvalue weighted by atomic mass is 16.4. The van der Waals surface area contributed by atoms with Crippen LogP contribution in [0.4, 0.5) is 0 Å². The van der Waals surface area contributed by atoms with Crippen molar-refractivity contribution in [2.45, 2.75) is 32.2 Å². The van der Waals surface area contributed by atoms with Crippen LogP contribution < -0.4 is 5.73 Å². The maximum Gasteiger partial charge on any atom is 0.303 e. The molecule has 0 radical (unpaired) electrons. The molecule has 1 fully saturated rings. The molecule has 4 nitrogen and oxygen atoms in total. The minimum atomic E-state index is -0.730. The first kappa shape index (κ1) is 15.0. The number of hydrogen-bond acceptors (Lipinski definition) is 3. The SMILES string of the molecule is NCC1(CC(=O)O)CCCN(Cc2ccccc2)CC1. The molecule has 1 atom stereocenters. The Bertz CT molecular complexity index is 435. The van der Waals surface area contributed by atoms with Crippen molar-refractivity contribution in [2.24, 2.45) is 11.1 Å². The summed E-state index contributed by atoms with van der Waals surface area (Å²) in [6.45, 7) is 3.36. The number of rotatable bonds is 5. The van der Waals surface area contributed by atoms with Gasteiger partial charge >= 0.3 is 5.97 Å². The zero-order valence-electron chi connectivity index (χ0n) is 11.9. The Labute approximate surface area is 120 Å². The quantitative estimate of drug-likeness (QED) is 0.864. The van der Waals surface area contributed by atoms with Gasteiger partial charge in [0.15, 0.2) is 0 Å². The van der Waals surface area contributed by atoms with E-state index in [0.29, 0.717) is 6.54 Å². The smallest absolute Gasteiger partial charge is 0.303 e. The first-order valence-corrected chi connectivity index (χ1v) is 7.32. The fourth-order valence-corrected chi connectivity index (χ4v) is 3.08. The van der Waals surface area contributed by atoms with Crippen LogP contribution in [0.15, 0.2) is 30.3 Å². The molecule has 1 saturated heterocycles. The highest BCUT2D eigenvalue weighted by molar-refractivity contribution is 5.67. The van der Waals surface area contributed by atoms with Crippen molar-refractivity contribution in [1.29, 1.82) is 0 Å². The summed E-state index contributed by atoms with van der Waals surface area (Å²) in [6, 6.07) is 10.4. The van der Waals surface area contributed by atoms with E-state index >= 15 is 0 Å². The molecule has 3 N–H and O–H groups in total. The van der Waals surface area contributed by atoms with Crippen LogP contribution in [0, 0.1) is 5.41 Å². The first-order valence-electron chi connectivity index (χ1n) is 7.32. The molecule has 0 amide bonds. The summed E-state index contributed by atoms with van der Waals surface area (Å²) < 4.78 is 0. The van der Waals surface area contributed by atoms with Crippen molar-refractivity contribution in [1.82, 2.24) is 4.90 Å². The van der Waals surface area contributed by atoms with Crippen LogP contribution >= 0.6 is 0 Å². The van der Waals surface area contributed by atoms with Crippen LogP contribution in [-0.2, 0) is 11.3 Å². The Kier molecular flexibility index (Phi) is 5.15. The lowest BCUT2D eigenvalue weighted by molar-refractivity contribution is -0.139. The van der Waals surface area contributed by atoms with Gasteiger partial charge in [0.25, 0.3) is 0 Å². The summed E-state index contributed by atoms with van der Waals surface area (Å²) in [6.07, 6.45) is 3.02.